The molecule has 1 aliphatic heterocycles. The average molecular weight is 454 g/mol. The summed E-state index contributed by atoms with van der Waals surface area (Å²) in [6, 6.07) is 13.4. The van der Waals surface area contributed by atoms with Crippen LogP contribution in [0.3, 0.4) is 0 Å². The Kier molecular flexibility index (Phi) is 8.33. The van der Waals surface area contributed by atoms with E-state index in [4.69, 9.17) is 9.47 Å². The molecular formula is C26H35N3O4. The summed E-state index contributed by atoms with van der Waals surface area (Å²) in [5, 5.41) is 5.94. The topological polar surface area (TPSA) is 79.9 Å². The molecule has 0 saturated carbocycles. The summed E-state index contributed by atoms with van der Waals surface area (Å²) < 4.78 is 10.8. The number of methoxy groups -OCH3 is 1. The largest absolute Gasteiger partial charge is 0.469 e. The third-order valence-corrected chi connectivity index (χ3v) is 5.94. The van der Waals surface area contributed by atoms with Crippen molar-refractivity contribution >= 4 is 29.1 Å². The lowest BCUT2D eigenvalue weighted by atomic mass is 9.92. The lowest BCUT2D eigenvalue weighted by Gasteiger charge is -2.38. The Morgan fingerprint density at radius 1 is 1.09 bits per heavy atom. The highest BCUT2D eigenvalue weighted by Gasteiger charge is 2.25. The molecule has 7 heteroatoms. The van der Waals surface area contributed by atoms with Crippen LogP contribution >= 0.6 is 0 Å². The Morgan fingerprint density at radius 2 is 1.76 bits per heavy atom. The molecule has 33 heavy (non-hydrogen) atoms. The van der Waals surface area contributed by atoms with Crippen molar-refractivity contribution in [1.82, 2.24) is 0 Å². The van der Waals surface area contributed by atoms with Crippen LogP contribution in [0.1, 0.15) is 50.7 Å². The Balaban J connectivity index is 1.89. The van der Waals surface area contributed by atoms with Gasteiger partial charge in [-0.2, -0.15) is 0 Å². The van der Waals surface area contributed by atoms with Gasteiger partial charge >= 0.3 is 12.0 Å². The summed E-state index contributed by atoms with van der Waals surface area (Å²) in [4.78, 5) is 27.0. The highest BCUT2D eigenvalue weighted by atomic mass is 16.5. The minimum Gasteiger partial charge on any atom is -0.469 e. The lowest BCUT2D eigenvalue weighted by molar-refractivity contribution is -0.141. The fraction of sp³-hybridized carbons (Fsp3) is 0.462. The first-order chi connectivity index (χ1) is 15.8. The van der Waals surface area contributed by atoms with Crippen molar-refractivity contribution in [1.29, 1.82) is 0 Å². The summed E-state index contributed by atoms with van der Waals surface area (Å²) in [5.74, 6) is -0.233. The number of benzene rings is 2. The van der Waals surface area contributed by atoms with Gasteiger partial charge in [-0.05, 0) is 62.9 Å². The Bertz CT molecular complexity index is 951. The number of ether oxygens (including phenoxy) is 2. The number of aryl methyl sites for hydroxylation is 1. The number of anilines is 3. The molecular weight excluding hydrogens is 418 g/mol. The van der Waals surface area contributed by atoms with Crippen LogP contribution < -0.4 is 15.5 Å². The number of morpholine rings is 1. The molecule has 7 nitrogen and oxygen atoms in total. The number of nitrogens with zero attached hydrogens (tertiary/aromatic N) is 1. The van der Waals surface area contributed by atoms with Crippen LogP contribution in [0.2, 0.25) is 0 Å². The summed E-state index contributed by atoms with van der Waals surface area (Å²) in [5.41, 5.74) is 4.49. The molecule has 2 aromatic carbocycles. The first-order valence-corrected chi connectivity index (χ1v) is 11.5. The number of hydrogen-bond acceptors (Lipinski definition) is 5. The number of amides is 2. The third kappa shape index (κ3) is 6.71. The predicted molar refractivity (Wildman–Crippen MR) is 132 cm³/mol. The molecule has 0 aliphatic carbocycles. The predicted octanol–water partition coefficient (Wildman–Crippen LogP) is 5.31. The molecule has 1 heterocycles. The monoisotopic (exact) mass is 453 g/mol. The SMILES string of the molecule is CCC(CC(=O)OC)c1ccc(N2C[C@@H](C)O[C@@H](C)C2)c(NC(=O)Nc2ccc(C)cc2)c1. The van der Waals surface area contributed by atoms with Gasteiger partial charge in [0, 0.05) is 18.8 Å². The fourth-order valence-corrected chi connectivity index (χ4v) is 4.26. The van der Waals surface area contributed by atoms with E-state index < -0.39 is 0 Å². The fourth-order valence-electron chi connectivity index (χ4n) is 4.26. The van der Waals surface area contributed by atoms with E-state index in [1.54, 1.807) is 0 Å². The summed E-state index contributed by atoms with van der Waals surface area (Å²) in [6.07, 6.45) is 1.26. The van der Waals surface area contributed by atoms with Crippen molar-refractivity contribution in [3.05, 3.63) is 53.6 Å². The summed E-state index contributed by atoms with van der Waals surface area (Å²) in [7, 11) is 1.40. The number of carbonyl (C=O) groups is 2. The van der Waals surface area contributed by atoms with Gasteiger partial charge in [-0.15, -0.1) is 0 Å². The molecule has 2 amide bonds. The first-order valence-electron chi connectivity index (χ1n) is 11.5. The molecule has 1 saturated heterocycles. The van der Waals surface area contributed by atoms with Crippen molar-refractivity contribution in [2.24, 2.45) is 0 Å². The van der Waals surface area contributed by atoms with Gasteiger partial charge in [-0.3, -0.25) is 4.79 Å². The molecule has 0 radical (unpaired) electrons. The number of urea groups is 1. The van der Waals surface area contributed by atoms with E-state index >= 15 is 0 Å². The van der Waals surface area contributed by atoms with Crippen molar-refractivity contribution < 1.29 is 19.1 Å². The van der Waals surface area contributed by atoms with Gasteiger partial charge in [0.05, 0.1) is 37.1 Å². The molecule has 0 spiro atoms. The Morgan fingerprint density at radius 3 is 2.36 bits per heavy atom. The highest BCUT2D eigenvalue weighted by Crippen LogP contribution is 2.34. The Labute approximate surface area is 196 Å². The maximum Gasteiger partial charge on any atom is 0.323 e. The number of rotatable bonds is 7. The second kappa shape index (κ2) is 11.2. The van der Waals surface area contributed by atoms with Crippen molar-refractivity contribution in [2.45, 2.75) is 58.7 Å². The highest BCUT2D eigenvalue weighted by molar-refractivity contribution is 6.02. The van der Waals surface area contributed by atoms with Gasteiger partial charge in [0.25, 0.3) is 0 Å². The minimum atomic E-state index is -0.312. The average Bonchev–Trinajstić information content (AvgIpc) is 2.78. The zero-order valence-corrected chi connectivity index (χ0v) is 20.2. The van der Waals surface area contributed by atoms with E-state index in [-0.39, 0.29) is 30.1 Å². The van der Waals surface area contributed by atoms with Gasteiger partial charge < -0.3 is 25.0 Å². The zero-order chi connectivity index (χ0) is 24.0. The number of esters is 1. The maximum absolute atomic E-state index is 12.9. The summed E-state index contributed by atoms with van der Waals surface area (Å²) >= 11 is 0. The van der Waals surface area contributed by atoms with Crippen LogP contribution in [0.25, 0.3) is 0 Å². The van der Waals surface area contributed by atoms with Crippen molar-refractivity contribution in [3.8, 4) is 0 Å². The van der Waals surface area contributed by atoms with Crippen molar-refractivity contribution in [3.63, 3.8) is 0 Å². The van der Waals surface area contributed by atoms with Crippen LogP contribution in [-0.2, 0) is 14.3 Å². The zero-order valence-electron chi connectivity index (χ0n) is 20.2. The van der Waals surface area contributed by atoms with Gasteiger partial charge in [-0.25, -0.2) is 4.79 Å². The van der Waals surface area contributed by atoms with Gasteiger partial charge in [0.1, 0.15) is 0 Å². The number of hydrogen-bond donors (Lipinski definition) is 2. The Hall–Kier alpha value is -3.06. The standard InChI is InChI=1S/C26H35N3O4/c1-6-20(14-25(30)32-5)21-9-12-24(29-15-18(3)33-19(4)16-29)23(13-21)28-26(31)27-22-10-7-17(2)8-11-22/h7-13,18-20H,6,14-16H2,1-5H3,(H2,27,28,31)/t18-,19+,20?. The molecule has 178 valence electrons. The van der Waals surface area contributed by atoms with Gasteiger partial charge in [0.2, 0.25) is 0 Å². The number of carbonyl (C=O) groups excluding carboxylic acids is 2. The third-order valence-electron chi connectivity index (χ3n) is 5.94. The maximum atomic E-state index is 12.9. The van der Waals surface area contributed by atoms with Crippen LogP contribution in [0.5, 0.6) is 0 Å². The van der Waals surface area contributed by atoms with Crippen LogP contribution in [0.4, 0.5) is 21.9 Å². The van der Waals surface area contributed by atoms with Crippen molar-refractivity contribution in [2.75, 3.05) is 35.7 Å². The normalized spacial score (nSPS) is 19.0. The molecule has 3 atom stereocenters. The second-order valence-electron chi connectivity index (χ2n) is 8.77. The number of nitrogens with one attached hydrogen (secondary N) is 2. The van der Waals surface area contributed by atoms with Crippen LogP contribution in [0.15, 0.2) is 42.5 Å². The smallest absolute Gasteiger partial charge is 0.323 e. The molecule has 1 aliphatic rings. The molecule has 1 fully saturated rings. The molecule has 2 aromatic rings. The minimum absolute atomic E-state index is 0.00902. The molecule has 0 bridgehead atoms. The first kappa shape index (κ1) is 24.6. The molecule has 2 N–H and O–H groups in total. The van der Waals surface area contributed by atoms with E-state index in [2.05, 4.69) is 29.4 Å². The molecule has 1 unspecified atom stereocenters. The van der Waals surface area contributed by atoms with E-state index in [9.17, 15) is 9.59 Å². The van der Waals surface area contributed by atoms with Crippen LogP contribution in [0, 0.1) is 6.92 Å². The van der Waals surface area contributed by atoms with E-state index in [1.165, 1.54) is 7.11 Å². The molecule has 0 aromatic heterocycles. The van der Waals surface area contributed by atoms with Gasteiger partial charge in [-0.1, -0.05) is 30.7 Å². The second-order valence-corrected chi connectivity index (χ2v) is 8.77. The summed E-state index contributed by atoms with van der Waals surface area (Å²) in [6.45, 7) is 9.62. The lowest BCUT2D eigenvalue weighted by Crippen LogP contribution is -2.45. The van der Waals surface area contributed by atoms with Crippen LogP contribution in [-0.4, -0.2) is 44.4 Å². The van der Waals surface area contributed by atoms with Gasteiger partial charge in [0.15, 0.2) is 0 Å². The van der Waals surface area contributed by atoms with E-state index in [0.29, 0.717) is 12.1 Å². The quantitative estimate of drug-likeness (QED) is 0.556. The van der Waals surface area contributed by atoms with E-state index in [1.807, 2.05) is 56.3 Å². The van der Waals surface area contributed by atoms with E-state index in [0.717, 1.165) is 42.0 Å². The molecule has 3 rings (SSSR count).